The average molecular weight is 367 g/mol. The van der Waals surface area contributed by atoms with Gasteiger partial charge in [-0.2, -0.15) is 0 Å². The van der Waals surface area contributed by atoms with Gasteiger partial charge >= 0.3 is 0 Å². The molecule has 0 saturated heterocycles. The van der Waals surface area contributed by atoms with Gasteiger partial charge in [-0.25, -0.2) is 0 Å². The second-order valence-corrected chi connectivity index (χ2v) is 7.68. The zero-order valence-electron chi connectivity index (χ0n) is 17.7. The van der Waals surface area contributed by atoms with Crippen LogP contribution in [0.25, 0.3) is 6.08 Å². The monoisotopic (exact) mass is 366 g/mol. The number of nitrogens with zero attached hydrogens (tertiary/aromatic N) is 1. The van der Waals surface area contributed by atoms with Crippen LogP contribution in [0.5, 0.6) is 5.75 Å². The van der Waals surface area contributed by atoms with Crippen molar-refractivity contribution in [1.29, 1.82) is 0 Å². The van der Waals surface area contributed by atoms with Gasteiger partial charge in [-0.1, -0.05) is 43.7 Å². The summed E-state index contributed by atoms with van der Waals surface area (Å²) >= 11 is 0. The van der Waals surface area contributed by atoms with Gasteiger partial charge in [0.05, 0.1) is 7.11 Å². The number of hydrogen-bond donors (Lipinski definition) is 1. The van der Waals surface area contributed by atoms with E-state index in [2.05, 4.69) is 82.0 Å². The predicted octanol–water partition coefficient (Wildman–Crippen LogP) is 5.81. The summed E-state index contributed by atoms with van der Waals surface area (Å²) in [5.74, 6) is 0.906. The molecular formula is C24H34N2O. The van der Waals surface area contributed by atoms with Crippen LogP contribution < -0.4 is 15.4 Å². The first-order valence-electron chi connectivity index (χ1n) is 9.78. The fourth-order valence-corrected chi connectivity index (χ4v) is 3.47. The quantitative estimate of drug-likeness (QED) is 0.599. The molecule has 0 heterocycles. The van der Waals surface area contributed by atoms with Crippen molar-refractivity contribution in [2.24, 2.45) is 0 Å². The molecule has 0 radical (unpaired) electrons. The van der Waals surface area contributed by atoms with Crippen LogP contribution in [0.4, 0.5) is 11.4 Å². The molecule has 0 spiro atoms. The van der Waals surface area contributed by atoms with Crippen LogP contribution >= 0.6 is 0 Å². The predicted molar refractivity (Wildman–Crippen MR) is 119 cm³/mol. The molecule has 3 heteroatoms. The Balaban J connectivity index is 2.21. The minimum Gasteiger partial charge on any atom is -0.496 e. The van der Waals surface area contributed by atoms with Crippen LogP contribution in [0.15, 0.2) is 42.5 Å². The third kappa shape index (κ3) is 5.06. The molecule has 0 aliphatic heterocycles. The Morgan fingerprint density at radius 2 is 1.78 bits per heavy atom. The number of anilines is 2. The molecule has 2 N–H and O–H groups in total. The topological polar surface area (TPSA) is 38.5 Å². The molecule has 0 atom stereocenters. The third-order valence-corrected chi connectivity index (χ3v) is 5.21. The van der Waals surface area contributed by atoms with E-state index < -0.39 is 0 Å². The summed E-state index contributed by atoms with van der Waals surface area (Å²) in [5.41, 5.74) is 11.8. The van der Waals surface area contributed by atoms with Crippen molar-refractivity contribution >= 4 is 17.5 Å². The van der Waals surface area contributed by atoms with Gasteiger partial charge in [-0.3, -0.25) is 0 Å². The van der Waals surface area contributed by atoms with E-state index in [4.69, 9.17) is 10.5 Å². The maximum absolute atomic E-state index is 6.23. The summed E-state index contributed by atoms with van der Waals surface area (Å²) in [4.78, 5) is 2.32. The Kier molecular flexibility index (Phi) is 6.95. The van der Waals surface area contributed by atoms with Crippen molar-refractivity contribution in [2.45, 2.75) is 46.5 Å². The zero-order chi connectivity index (χ0) is 20.0. The van der Waals surface area contributed by atoms with Gasteiger partial charge in [0.2, 0.25) is 0 Å². The summed E-state index contributed by atoms with van der Waals surface area (Å²) in [6, 6.07) is 12.7. The molecule has 0 aromatic heterocycles. The lowest BCUT2D eigenvalue weighted by atomic mass is 9.80. The van der Waals surface area contributed by atoms with Crippen molar-refractivity contribution in [3.63, 3.8) is 0 Å². The van der Waals surface area contributed by atoms with E-state index in [9.17, 15) is 0 Å². The summed E-state index contributed by atoms with van der Waals surface area (Å²) < 4.78 is 5.63. The van der Waals surface area contributed by atoms with Gasteiger partial charge in [0.1, 0.15) is 5.75 Å². The molecule has 0 fully saturated rings. The molecule has 0 aliphatic rings. The lowest BCUT2D eigenvalue weighted by molar-refractivity contribution is 0.414. The smallest absolute Gasteiger partial charge is 0.128 e. The van der Waals surface area contributed by atoms with Crippen molar-refractivity contribution in [1.82, 2.24) is 0 Å². The number of methoxy groups -OCH3 is 1. The van der Waals surface area contributed by atoms with Crippen LogP contribution in [0.3, 0.4) is 0 Å². The van der Waals surface area contributed by atoms with Crippen LogP contribution in [0.1, 0.15) is 50.8 Å². The Morgan fingerprint density at radius 3 is 2.41 bits per heavy atom. The minimum absolute atomic E-state index is 0.0268. The number of nitrogens with two attached hydrogens (primary N) is 1. The number of benzene rings is 2. The van der Waals surface area contributed by atoms with E-state index in [1.54, 1.807) is 7.11 Å². The molecule has 0 saturated carbocycles. The molecule has 3 nitrogen and oxygen atoms in total. The number of ether oxygens (including phenoxy) is 1. The first-order chi connectivity index (χ1) is 12.8. The maximum Gasteiger partial charge on any atom is 0.128 e. The van der Waals surface area contributed by atoms with Gasteiger partial charge in [-0.05, 0) is 56.4 Å². The summed E-state index contributed by atoms with van der Waals surface area (Å²) in [5, 5.41) is 0. The van der Waals surface area contributed by atoms with Crippen molar-refractivity contribution in [3.8, 4) is 5.75 Å². The van der Waals surface area contributed by atoms with Gasteiger partial charge in [0.15, 0.2) is 0 Å². The Hall–Kier alpha value is -2.42. The average Bonchev–Trinajstić information content (AvgIpc) is 2.65. The lowest BCUT2D eigenvalue weighted by Crippen LogP contribution is -2.21. The molecule has 146 valence electrons. The fourth-order valence-electron chi connectivity index (χ4n) is 3.47. The SMILES string of the molecule is CCN(CC)c1ccc(/C=C/CC(C)(C)c2cc(C)ccc2N)c(OC)c1. The fraction of sp³-hybridized carbons (Fsp3) is 0.417. The first kappa shape index (κ1) is 20.9. The van der Waals surface area contributed by atoms with Gasteiger partial charge in [-0.15, -0.1) is 0 Å². The Bertz CT molecular complexity index is 789. The lowest BCUT2D eigenvalue weighted by Gasteiger charge is -2.26. The third-order valence-electron chi connectivity index (χ3n) is 5.21. The molecule has 2 aromatic carbocycles. The Morgan fingerprint density at radius 1 is 1.07 bits per heavy atom. The van der Waals surface area contributed by atoms with E-state index in [1.807, 2.05) is 6.07 Å². The zero-order valence-corrected chi connectivity index (χ0v) is 17.7. The summed E-state index contributed by atoms with van der Waals surface area (Å²) in [6.45, 7) is 12.9. The number of aryl methyl sites for hydroxylation is 1. The summed E-state index contributed by atoms with van der Waals surface area (Å²) in [6.07, 6.45) is 5.27. The number of rotatable bonds is 8. The van der Waals surface area contributed by atoms with Crippen LogP contribution in [0.2, 0.25) is 0 Å². The molecule has 2 rings (SSSR count). The highest BCUT2D eigenvalue weighted by Gasteiger charge is 2.21. The molecule has 0 amide bonds. The molecule has 2 aromatic rings. The van der Waals surface area contributed by atoms with E-state index in [-0.39, 0.29) is 5.41 Å². The van der Waals surface area contributed by atoms with Crippen LogP contribution in [-0.4, -0.2) is 20.2 Å². The number of nitrogen functional groups attached to an aromatic ring is 1. The van der Waals surface area contributed by atoms with E-state index in [0.717, 1.165) is 36.5 Å². The highest BCUT2D eigenvalue weighted by Crippen LogP contribution is 2.33. The molecule has 0 unspecified atom stereocenters. The van der Waals surface area contributed by atoms with Gasteiger partial charge in [0.25, 0.3) is 0 Å². The Labute approximate surface area is 164 Å². The second-order valence-electron chi connectivity index (χ2n) is 7.68. The van der Waals surface area contributed by atoms with Gasteiger partial charge in [0, 0.05) is 36.1 Å². The normalized spacial score (nSPS) is 11.8. The highest BCUT2D eigenvalue weighted by molar-refractivity contribution is 5.64. The molecule has 27 heavy (non-hydrogen) atoms. The number of allylic oxidation sites excluding steroid dienone is 1. The van der Waals surface area contributed by atoms with Crippen molar-refractivity contribution in [2.75, 3.05) is 30.8 Å². The van der Waals surface area contributed by atoms with Crippen LogP contribution in [-0.2, 0) is 5.41 Å². The number of hydrogen-bond acceptors (Lipinski definition) is 3. The van der Waals surface area contributed by atoms with Crippen molar-refractivity contribution < 1.29 is 4.74 Å². The van der Waals surface area contributed by atoms with Gasteiger partial charge < -0.3 is 15.4 Å². The minimum atomic E-state index is -0.0268. The van der Waals surface area contributed by atoms with E-state index >= 15 is 0 Å². The van der Waals surface area contributed by atoms with E-state index in [1.165, 1.54) is 16.8 Å². The molecular weight excluding hydrogens is 332 g/mol. The standard InChI is InChI=1S/C24H34N2O/c1-7-26(8-2)20-13-12-19(23(17-20)27-6)10-9-15-24(4,5)21-16-18(3)11-14-22(21)25/h9-14,16-17H,7-8,15,25H2,1-6H3/b10-9+. The highest BCUT2D eigenvalue weighted by atomic mass is 16.5. The molecule has 0 aliphatic carbocycles. The van der Waals surface area contributed by atoms with Crippen LogP contribution in [0, 0.1) is 6.92 Å². The first-order valence-corrected chi connectivity index (χ1v) is 9.78. The maximum atomic E-state index is 6.23. The van der Waals surface area contributed by atoms with E-state index in [0.29, 0.717) is 0 Å². The largest absolute Gasteiger partial charge is 0.496 e. The van der Waals surface area contributed by atoms with Crippen molar-refractivity contribution in [3.05, 3.63) is 59.2 Å². The summed E-state index contributed by atoms with van der Waals surface area (Å²) in [7, 11) is 1.73. The molecule has 0 bridgehead atoms. The second kappa shape index (κ2) is 8.98.